The Balaban J connectivity index is 1.49. The molecule has 0 saturated carbocycles. The summed E-state index contributed by atoms with van der Waals surface area (Å²) in [6.45, 7) is 0.949. The fraction of sp³-hybridized carbons (Fsp3) is 0.188. The Morgan fingerprint density at radius 1 is 1.25 bits per heavy atom. The van der Waals surface area contributed by atoms with Gasteiger partial charge in [0.05, 0.1) is 10.2 Å². The maximum absolute atomic E-state index is 6.00. The molecule has 0 bridgehead atoms. The minimum absolute atomic E-state index is 0.613. The topological polar surface area (TPSA) is 24.9 Å². The van der Waals surface area contributed by atoms with Crippen LogP contribution in [0.15, 0.2) is 42.5 Å². The second-order valence-corrected chi connectivity index (χ2v) is 6.58. The molecule has 1 aliphatic carbocycles. The first-order valence-electron chi connectivity index (χ1n) is 6.67. The molecule has 100 valence electrons. The van der Waals surface area contributed by atoms with Gasteiger partial charge in [-0.2, -0.15) is 0 Å². The summed E-state index contributed by atoms with van der Waals surface area (Å²) in [4.78, 5) is 4.59. The van der Waals surface area contributed by atoms with Crippen LogP contribution in [0.4, 0.5) is 5.13 Å². The summed E-state index contributed by atoms with van der Waals surface area (Å²) in [5, 5.41) is 5.20. The van der Waals surface area contributed by atoms with Gasteiger partial charge in [0.2, 0.25) is 0 Å². The number of fused-ring (bicyclic) bond motifs is 2. The summed E-state index contributed by atoms with van der Waals surface area (Å²) < 4.78 is 1.13. The second kappa shape index (κ2) is 4.76. The van der Waals surface area contributed by atoms with Crippen LogP contribution in [0, 0.1) is 0 Å². The lowest BCUT2D eigenvalue weighted by Crippen LogP contribution is -2.24. The van der Waals surface area contributed by atoms with E-state index in [1.54, 1.807) is 11.3 Å². The van der Waals surface area contributed by atoms with Crippen molar-refractivity contribution in [3.05, 3.63) is 58.6 Å². The van der Waals surface area contributed by atoms with Crippen molar-refractivity contribution in [3.63, 3.8) is 0 Å². The van der Waals surface area contributed by atoms with Crippen LogP contribution in [-0.2, 0) is 6.42 Å². The normalized spacial score (nSPS) is 16.8. The van der Waals surface area contributed by atoms with Gasteiger partial charge >= 0.3 is 0 Å². The highest BCUT2D eigenvalue weighted by molar-refractivity contribution is 7.22. The third kappa shape index (κ3) is 2.07. The van der Waals surface area contributed by atoms with E-state index >= 15 is 0 Å². The van der Waals surface area contributed by atoms with Crippen molar-refractivity contribution in [2.75, 3.05) is 11.9 Å². The molecule has 1 N–H and O–H groups in total. The molecule has 0 spiro atoms. The van der Waals surface area contributed by atoms with E-state index in [0.29, 0.717) is 5.92 Å². The van der Waals surface area contributed by atoms with Gasteiger partial charge in [0.25, 0.3) is 0 Å². The number of aromatic nitrogens is 1. The van der Waals surface area contributed by atoms with Gasteiger partial charge in [-0.15, -0.1) is 0 Å². The van der Waals surface area contributed by atoms with Crippen LogP contribution in [-0.4, -0.2) is 11.5 Å². The van der Waals surface area contributed by atoms with Gasteiger partial charge < -0.3 is 5.32 Å². The minimum atomic E-state index is 0.613. The van der Waals surface area contributed by atoms with Gasteiger partial charge in [-0.25, -0.2) is 4.98 Å². The summed E-state index contributed by atoms with van der Waals surface area (Å²) in [7, 11) is 0. The number of benzene rings is 2. The van der Waals surface area contributed by atoms with E-state index in [9.17, 15) is 0 Å². The molecular formula is C16H13ClN2S. The predicted octanol–water partition coefficient (Wildman–Crippen LogP) is 4.70. The molecule has 0 saturated heterocycles. The van der Waals surface area contributed by atoms with Crippen molar-refractivity contribution in [1.82, 2.24) is 4.98 Å². The monoisotopic (exact) mass is 300 g/mol. The van der Waals surface area contributed by atoms with Crippen molar-refractivity contribution >= 4 is 38.3 Å². The summed E-state index contributed by atoms with van der Waals surface area (Å²) in [6.07, 6.45) is 1.17. The Kier molecular flexibility index (Phi) is 2.90. The van der Waals surface area contributed by atoms with E-state index < -0.39 is 0 Å². The molecule has 4 heteroatoms. The third-order valence-corrected chi connectivity index (χ3v) is 5.02. The SMILES string of the molecule is Clc1ccc2nc(NCC3Cc4ccccc43)sc2c1. The zero-order valence-corrected chi connectivity index (χ0v) is 12.3. The first-order chi connectivity index (χ1) is 9.79. The Bertz CT molecular complexity index is 781. The van der Waals surface area contributed by atoms with Crippen LogP contribution in [0.3, 0.4) is 0 Å². The van der Waals surface area contributed by atoms with E-state index in [1.165, 1.54) is 17.5 Å². The first-order valence-corrected chi connectivity index (χ1v) is 7.87. The highest BCUT2D eigenvalue weighted by atomic mass is 35.5. The molecule has 1 unspecified atom stereocenters. The summed E-state index contributed by atoms with van der Waals surface area (Å²) in [5.41, 5.74) is 3.97. The Hall–Kier alpha value is -1.58. The molecule has 1 aliphatic rings. The zero-order chi connectivity index (χ0) is 13.5. The van der Waals surface area contributed by atoms with Crippen molar-refractivity contribution in [2.45, 2.75) is 12.3 Å². The molecule has 0 radical (unpaired) electrons. The molecule has 4 rings (SSSR count). The molecule has 0 aliphatic heterocycles. The highest BCUT2D eigenvalue weighted by Gasteiger charge is 2.25. The van der Waals surface area contributed by atoms with Gasteiger partial charge in [-0.05, 0) is 35.7 Å². The smallest absolute Gasteiger partial charge is 0.183 e. The summed E-state index contributed by atoms with van der Waals surface area (Å²) >= 11 is 7.66. The Labute approximate surface area is 126 Å². The molecule has 2 aromatic carbocycles. The highest BCUT2D eigenvalue weighted by Crippen LogP contribution is 2.35. The molecule has 1 aromatic heterocycles. The van der Waals surface area contributed by atoms with Gasteiger partial charge in [0.1, 0.15) is 0 Å². The lowest BCUT2D eigenvalue weighted by Gasteiger charge is -2.30. The summed E-state index contributed by atoms with van der Waals surface area (Å²) in [6, 6.07) is 14.5. The maximum atomic E-state index is 6.00. The predicted molar refractivity (Wildman–Crippen MR) is 86.0 cm³/mol. The maximum Gasteiger partial charge on any atom is 0.183 e. The van der Waals surface area contributed by atoms with Gasteiger partial charge in [-0.1, -0.05) is 47.2 Å². The molecule has 1 heterocycles. The van der Waals surface area contributed by atoms with Crippen molar-refractivity contribution < 1.29 is 0 Å². The van der Waals surface area contributed by atoms with Gasteiger partial charge in [0, 0.05) is 17.5 Å². The molecule has 3 aromatic rings. The van der Waals surface area contributed by atoms with E-state index in [1.807, 2.05) is 18.2 Å². The zero-order valence-electron chi connectivity index (χ0n) is 10.8. The fourth-order valence-electron chi connectivity index (χ4n) is 2.73. The summed E-state index contributed by atoms with van der Waals surface area (Å²) in [5.74, 6) is 0.613. The van der Waals surface area contributed by atoms with E-state index in [2.05, 4.69) is 34.6 Å². The van der Waals surface area contributed by atoms with Crippen LogP contribution in [0.2, 0.25) is 5.02 Å². The average molecular weight is 301 g/mol. The van der Waals surface area contributed by atoms with Crippen molar-refractivity contribution in [3.8, 4) is 0 Å². The number of hydrogen-bond acceptors (Lipinski definition) is 3. The quantitative estimate of drug-likeness (QED) is 0.758. The molecule has 1 atom stereocenters. The van der Waals surface area contributed by atoms with Gasteiger partial charge in [0.15, 0.2) is 5.13 Å². The van der Waals surface area contributed by atoms with Gasteiger partial charge in [-0.3, -0.25) is 0 Å². The first kappa shape index (κ1) is 12.2. The molecule has 0 amide bonds. The number of nitrogens with zero attached hydrogens (tertiary/aromatic N) is 1. The van der Waals surface area contributed by atoms with E-state index in [0.717, 1.165) is 26.9 Å². The molecular weight excluding hydrogens is 288 g/mol. The van der Waals surface area contributed by atoms with Crippen LogP contribution >= 0.6 is 22.9 Å². The van der Waals surface area contributed by atoms with Crippen LogP contribution in [0.1, 0.15) is 17.0 Å². The Morgan fingerprint density at radius 3 is 3.05 bits per heavy atom. The standard InChI is InChI=1S/C16H13ClN2S/c17-12-5-6-14-15(8-12)20-16(19-14)18-9-11-7-10-3-1-2-4-13(10)11/h1-6,8,11H,7,9H2,(H,18,19). The average Bonchev–Trinajstić information content (AvgIpc) is 2.81. The van der Waals surface area contributed by atoms with E-state index in [-0.39, 0.29) is 0 Å². The third-order valence-electron chi connectivity index (χ3n) is 3.81. The number of hydrogen-bond donors (Lipinski definition) is 1. The molecule has 0 fully saturated rings. The fourth-order valence-corrected chi connectivity index (χ4v) is 3.88. The number of nitrogens with one attached hydrogen (secondary N) is 1. The van der Waals surface area contributed by atoms with Crippen molar-refractivity contribution in [2.24, 2.45) is 0 Å². The largest absolute Gasteiger partial charge is 0.361 e. The lowest BCUT2D eigenvalue weighted by molar-refractivity contribution is 0.635. The van der Waals surface area contributed by atoms with E-state index in [4.69, 9.17) is 11.6 Å². The minimum Gasteiger partial charge on any atom is -0.361 e. The van der Waals surface area contributed by atoms with Crippen LogP contribution in [0.5, 0.6) is 0 Å². The van der Waals surface area contributed by atoms with Crippen molar-refractivity contribution in [1.29, 1.82) is 0 Å². The number of rotatable bonds is 3. The molecule has 2 nitrogen and oxygen atoms in total. The van der Waals surface area contributed by atoms with Crippen LogP contribution in [0.25, 0.3) is 10.2 Å². The lowest BCUT2D eigenvalue weighted by atomic mass is 9.78. The number of halogens is 1. The van der Waals surface area contributed by atoms with Crippen LogP contribution < -0.4 is 5.32 Å². The Morgan fingerprint density at radius 2 is 2.15 bits per heavy atom. The molecule has 20 heavy (non-hydrogen) atoms. The number of anilines is 1. The number of thiazole rings is 1. The second-order valence-electron chi connectivity index (χ2n) is 5.11.